The zero-order valence-corrected chi connectivity index (χ0v) is 8.26. The Morgan fingerprint density at radius 3 is 1.55 bits per heavy atom. The SMILES string of the molecule is CC(C)C.CCN.COC=O. The Labute approximate surface area is 69.9 Å². The van der Waals surface area contributed by atoms with Gasteiger partial charge in [0, 0.05) is 0 Å². The van der Waals surface area contributed by atoms with Crippen LogP contribution in [0.1, 0.15) is 27.7 Å². The zero-order valence-electron chi connectivity index (χ0n) is 8.26. The van der Waals surface area contributed by atoms with E-state index in [9.17, 15) is 0 Å². The second-order valence-electron chi connectivity index (χ2n) is 2.47. The first-order valence-corrected chi connectivity index (χ1v) is 3.73. The van der Waals surface area contributed by atoms with E-state index in [0.29, 0.717) is 6.47 Å². The average Bonchev–Trinajstić information content (AvgIpc) is 1.88. The molecule has 0 aromatic rings. The first kappa shape index (κ1) is 16.8. The molecule has 0 unspecified atom stereocenters. The largest absolute Gasteiger partial charge is 0.471 e. The standard InChI is InChI=1S/C4H10.C2H7N.C2H4O2/c1-4(2)3;1-2-3;1-4-2-3/h4H,1-3H3;2-3H2,1H3;2H,1H3. The van der Waals surface area contributed by atoms with Gasteiger partial charge in [-0.2, -0.15) is 0 Å². The highest BCUT2D eigenvalue weighted by molar-refractivity contribution is 5.36. The molecule has 0 amide bonds. The van der Waals surface area contributed by atoms with Gasteiger partial charge in [-0.1, -0.05) is 27.7 Å². The van der Waals surface area contributed by atoms with E-state index in [1.807, 2.05) is 6.92 Å². The van der Waals surface area contributed by atoms with Crippen molar-refractivity contribution in [2.75, 3.05) is 13.7 Å². The monoisotopic (exact) mass is 163 g/mol. The van der Waals surface area contributed by atoms with Crippen LogP contribution in [0.5, 0.6) is 0 Å². The Morgan fingerprint density at radius 2 is 1.55 bits per heavy atom. The van der Waals surface area contributed by atoms with Gasteiger partial charge in [-0.05, 0) is 12.5 Å². The third-order valence-corrected chi connectivity index (χ3v) is 0.0962. The van der Waals surface area contributed by atoms with Gasteiger partial charge in [0.2, 0.25) is 0 Å². The minimum atomic E-state index is 0.375. The van der Waals surface area contributed by atoms with Crippen LogP contribution >= 0.6 is 0 Å². The van der Waals surface area contributed by atoms with Crippen LogP contribution in [0.2, 0.25) is 0 Å². The number of carbonyl (C=O) groups is 1. The van der Waals surface area contributed by atoms with Crippen LogP contribution in [0, 0.1) is 5.92 Å². The molecule has 70 valence electrons. The molecular formula is C8H21NO2. The number of methoxy groups -OCH3 is 1. The number of hydrogen-bond donors (Lipinski definition) is 1. The van der Waals surface area contributed by atoms with E-state index >= 15 is 0 Å². The van der Waals surface area contributed by atoms with Gasteiger partial charge in [0.15, 0.2) is 0 Å². The van der Waals surface area contributed by atoms with Crippen molar-refractivity contribution in [3.63, 3.8) is 0 Å². The zero-order chi connectivity index (χ0) is 9.70. The third-order valence-electron chi connectivity index (χ3n) is 0.0962. The summed E-state index contributed by atoms with van der Waals surface area (Å²) in [5, 5.41) is 0. The molecule has 3 heteroatoms. The molecule has 0 spiro atoms. The lowest BCUT2D eigenvalue weighted by Gasteiger charge is -1.79. The first-order valence-electron chi connectivity index (χ1n) is 3.73. The van der Waals surface area contributed by atoms with Crippen molar-refractivity contribution in [1.82, 2.24) is 0 Å². The normalized spacial score (nSPS) is 6.82. The molecule has 0 aromatic heterocycles. The highest BCUT2D eigenvalue weighted by Gasteiger charge is 1.68. The number of nitrogens with two attached hydrogens (primary N) is 1. The lowest BCUT2D eigenvalue weighted by molar-refractivity contribution is -0.126. The summed E-state index contributed by atoms with van der Waals surface area (Å²) >= 11 is 0. The van der Waals surface area contributed by atoms with Crippen molar-refractivity contribution in [2.45, 2.75) is 27.7 Å². The van der Waals surface area contributed by atoms with E-state index in [4.69, 9.17) is 10.5 Å². The molecular weight excluding hydrogens is 142 g/mol. The van der Waals surface area contributed by atoms with E-state index < -0.39 is 0 Å². The fourth-order valence-corrected chi connectivity index (χ4v) is 0. The minimum absolute atomic E-state index is 0.375. The van der Waals surface area contributed by atoms with Crippen LogP contribution in [0.25, 0.3) is 0 Å². The molecule has 0 rings (SSSR count). The van der Waals surface area contributed by atoms with E-state index in [0.717, 1.165) is 12.5 Å². The maximum Gasteiger partial charge on any atom is 0.292 e. The Morgan fingerprint density at radius 1 is 1.45 bits per heavy atom. The summed E-state index contributed by atoms with van der Waals surface area (Å²) in [6.07, 6.45) is 0. The molecule has 0 aliphatic rings. The number of rotatable bonds is 1. The number of carbonyl (C=O) groups excluding carboxylic acids is 1. The van der Waals surface area contributed by atoms with Crippen LogP contribution in [0.15, 0.2) is 0 Å². The predicted octanol–water partition coefficient (Wildman–Crippen LogP) is 1.42. The van der Waals surface area contributed by atoms with Crippen molar-refractivity contribution in [2.24, 2.45) is 11.7 Å². The fraction of sp³-hybridized carbons (Fsp3) is 0.875. The van der Waals surface area contributed by atoms with Gasteiger partial charge in [0.1, 0.15) is 0 Å². The predicted molar refractivity (Wildman–Crippen MR) is 48.3 cm³/mol. The molecule has 2 N–H and O–H groups in total. The fourth-order valence-electron chi connectivity index (χ4n) is 0. The van der Waals surface area contributed by atoms with Gasteiger partial charge in [-0.25, -0.2) is 0 Å². The summed E-state index contributed by atoms with van der Waals surface area (Å²) in [6.45, 7) is 9.53. The van der Waals surface area contributed by atoms with Crippen molar-refractivity contribution < 1.29 is 9.53 Å². The second-order valence-corrected chi connectivity index (χ2v) is 2.47. The van der Waals surface area contributed by atoms with Gasteiger partial charge < -0.3 is 10.5 Å². The molecule has 0 saturated heterocycles. The second kappa shape index (κ2) is 22.7. The Kier molecular flexibility index (Phi) is 34.7. The van der Waals surface area contributed by atoms with Crippen LogP contribution < -0.4 is 5.73 Å². The molecule has 0 heterocycles. The van der Waals surface area contributed by atoms with Crippen LogP contribution in [-0.2, 0) is 9.53 Å². The van der Waals surface area contributed by atoms with Crippen molar-refractivity contribution in [3.8, 4) is 0 Å². The molecule has 0 aromatic carbocycles. The van der Waals surface area contributed by atoms with Crippen molar-refractivity contribution in [3.05, 3.63) is 0 Å². The highest BCUT2D eigenvalue weighted by atomic mass is 16.5. The summed E-state index contributed by atoms with van der Waals surface area (Å²) < 4.78 is 3.86. The van der Waals surface area contributed by atoms with Gasteiger partial charge >= 0.3 is 0 Å². The molecule has 0 bridgehead atoms. The van der Waals surface area contributed by atoms with E-state index in [1.54, 1.807) is 0 Å². The Hall–Kier alpha value is -0.570. The first-order chi connectivity index (χ1) is 5.06. The van der Waals surface area contributed by atoms with Crippen LogP contribution in [0.4, 0.5) is 0 Å². The van der Waals surface area contributed by atoms with E-state index in [-0.39, 0.29) is 0 Å². The summed E-state index contributed by atoms with van der Waals surface area (Å²) in [7, 11) is 1.31. The molecule has 11 heavy (non-hydrogen) atoms. The highest BCUT2D eigenvalue weighted by Crippen LogP contribution is 1.81. The summed E-state index contributed by atoms with van der Waals surface area (Å²) in [4.78, 5) is 8.95. The number of ether oxygens (including phenoxy) is 1. The molecule has 0 atom stereocenters. The smallest absolute Gasteiger partial charge is 0.292 e. The minimum Gasteiger partial charge on any atom is -0.471 e. The van der Waals surface area contributed by atoms with Crippen LogP contribution in [0.3, 0.4) is 0 Å². The summed E-state index contributed by atoms with van der Waals surface area (Å²) in [5.41, 5.74) is 4.85. The lowest BCUT2D eigenvalue weighted by Crippen LogP contribution is -1.87. The summed E-state index contributed by atoms with van der Waals surface area (Å²) in [5.74, 6) is 0.833. The maximum atomic E-state index is 8.95. The van der Waals surface area contributed by atoms with Gasteiger partial charge in [-0.3, -0.25) is 4.79 Å². The quantitative estimate of drug-likeness (QED) is 0.595. The van der Waals surface area contributed by atoms with Gasteiger partial charge in [-0.15, -0.1) is 0 Å². The maximum absolute atomic E-state index is 8.95. The third kappa shape index (κ3) is 2820. The molecule has 0 radical (unpaired) electrons. The van der Waals surface area contributed by atoms with Gasteiger partial charge in [0.25, 0.3) is 6.47 Å². The average molecular weight is 163 g/mol. The summed E-state index contributed by atoms with van der Waals surface area (Å²) in [6, 6.07) is 0. The topological polar surface area (TPSA) is 52.3 Å². The molecule has 0 saturated carbocycles. The van der Waals surface area contributed by atoms with Crippen molar-refractivity contribution >= 4 is 6.47 Å². The molecule has 0 aliphatic heterocycles. The van der Waals surface area contributed by atoms with E-state index in [2.05, 4.69) is 25.5 Å². The number of hydrogen-bond acceptors (Lipinski definition) is 3. The lowest BCUT2D eigenvalue weighted by atomic mass is 10.3. The molecule has 3 nitrogen and oxygen atoms in total. The molecule has 0 fully saturated rings. The van der Waals surface area contributed by atoms with Crippen molar-refractivity contribution in [1.29, 1.82) is 0 Å². The Balaban J connectivity index is -0.0000000886. The van der Waals surface area contributed by atoms with Crippen LogP contribution in [-0.4, -0.2) is 20.1 Å². The Bertz CT molecular complexity index is 53.3. The van der Waals surface area contributed by atoms with E-state index in [1.165, 1.54) is 7.11 Å². The molecule has 0 aliphatic carbocycles. The van der Waals surface area contributed by atoms with Gasteiger partial charge in [0.05, 0.1) is 7.11 Å².